The van der Waals surface area contributed by atoms with Gasteiger partial charge in [-0.25, -0.2) is 4.79 Å². The van der Waals surface area contributed by atoms with Crippen LogP contribution < -0.4 is 0 Å². The zero-order chi connectivity index (χ0) is 21.3. The minimum atomic E-state index is -0.713. The summed E-state index contributed by atoms with van der Waals surface area (Å²) in [5, 5.41) is 22.3. The van der Waals surface area contributed by atoms with Crippen LogP contribution in [0.5, 0.6) is 0 Å². The molecule has 4 aliphatic carbocycles. The van der Waals surface area contributed by atoms with Crippen LogP contribution in [0.25, 0.3) is 0 Å². The molecule has 0 unspecified atom stereocenters. The first-order valence-corrected chi connectivity index (χ1v) is 11.6. The summed E-state index contributed by atoms with van der Waals surface area (Å²) in [4.78, 5) is 27.4. The van der Waals surface area contributed by atoms with Crippen molar-refractivity contribution in [3.63, 3.8) is 0 Å². The molecule has 0 saturated heterocycles. The van der Waals surface area contributed by atoms with Crippen LogP contribution in [-0.4, -0.2) is 34.5 Å². The van der Waals surface area contributed by atoms with Crippen LogP contribution in [0.3, 0.4) is 0 Å². The molecule has 1 heterocycles. The van der Waals surface area contributed by atoms with E-state index in [2.05, 4.69) is 13.8 Å². The number of hydrogen-bond acceptors (Lipinski definition) is 6. The first kappa shape index (κ1) is 20.3. The number of ether oxygens (including phenoxy) is 1. The third kappa shape index (κ3) is 2.69. The van der Waals surface area contributed by atoms with Gasteiger partial charge in [0.15, 0.2) is 0 Å². The average Bonchev–Trinajstić information content (AvgIpc) is 3.22. The van der Waals surface area contributed by atoms with Crippen molar-refractivity contribution in [2.24, 2.45) is 34.5 Å². The van der Waals surface area contributed by atoms with Gasteiger partial charge in [0.2, 0.25) is 0 Å². The molecule has 5 rings (SSSR count). The number of carbonyl (C=O) groups excluding carboxylic acids is 1. The standard InChI is InChI=1S/C23H33NO6/c1-21-8-5-16(30-24(27)28)12-15(21)3-4-19-18(21)6-9-22(2)17(7-10-23(19,22)26)14-11-20(25)29-13-14/h11,15-19,26H,3-10,12-13H2,1-2H3/t15-,16-,17-,18-,19+,21-,22-,23-/m1/s1. The Morgan fingerprint density at radius 2 is 1.93 bits per heavy atom. The molecule has 0 radical (unpaired) electrons. The van der Waals surface area contributed by atoms with Crippen molar-refractivity contribution in [1.82, 2.24) is 0 Å². The molecule has 0 aromatic heterocycles. The maximum atomic E-state index is 12.2. The van der Waals surface area contributed by atoms with Gasteiger partial charge in [0.25, 0.3) is 5.09 Å². The van der Waals surface area contributed by atoms with Crippen LogP contribution in [0.2, 0.25) is 0 Å². The topological polar surface area (TPSA) is 98.9 Å². The third-order valence-corrected chi connectivity index (χ3v) is 10.2. The molecule has 0 aromatic rings. The summed E-state index contributed by atoms with van der Waals surface area (Å²) in [6.45, 7) is 4.98. The highest BCUT2D eigenvalue weighted by Gasteiger charge is 2.67. The van der Waals surface area contributed by atoms with E-state index in [0.29, 0.717) is 18.4 Å². The maximum absolute atomic E-state index is 12.2. The Balaban J connectivity index is 1.40. The van der Waals surface area contributed by atoms with E-state index in [1.165, 1.54) is 0 Å². The molecule has 0 spiro atoms. The number of aliphatic hydroxyl groups is 1. The summed E-state index contributed by atoms with van der Waals surface area (Å²) in [5.74, 6) is 1.09. The molecule has 1 aliphatic heterocycles. The van der Waals surface area contributed by atoms with E-state index >= 15 is 0 Å². The number of esters is 1. The Labute approximate surface area is 177 Å². The highest BCUT2D eigenvalue weighted by Crippen LogP contribution is 2.69. The Morgan fingerprint density at radius 1 is 1.13 bits per heavy atom. The van der Waals surface area contributed by atoms with Crippen molar-refractivity contribution in [2.45, 2.75) is 83.3 Å². The molecule has 1 N–H and O–H groups in total. The molecule has 166 valence electrons. The smallest absolute Gasteiger partial charge is 0.331 e. The van der Waals surface area contributed by atoms with Crippen LogP contribution in [0.15, 0.2) is 11.6 Å². The molecule has 4 fully saturated rings. The zero-order valence-corrected chi connectivity index (χ0v) is 18.0. The molecule has 0 bridgehead atoms. The first-order chi connectivity index (χ1) is 14.2. The summed E-state index contributed by atoms with van der Waals surface area (Å²) >= 11 is 0. The van der Waals surface area contributed by atoms with Gasteiger partial charge in [0, 0.05) is 11.5 Å². The third-order valence-electron chi connectivity index (χ3n) is 10.2. The van der Waals surface area contributed by atoms with Crippen LogP contribution in [0, 0.1) is 44.6 Å². The van der Waals surface area contributed by atoms with Crippen molar-refractivity contribution >= 4 is 5.97 Å². The lowest BCUT2D eigenvalue weighted by molar-refractivity contribution is -0.770. The fourth-order valence-corrected chi connectivity index (χ4v) is 8.59. The number of carbonyl (C=O) groups is 1. The summed E-state index contributed by atoms with van der Waals surface area (Å²) in [7, 11) is 0. The van der Waals surface area contributed by atoms with Gasteiger partial charge in [-0.05, 0) is 92.4 Å². The molecule has 8 atom stereocenters. The highest BCUT2D eigenvalue weighted by molar-refractivity contribution is 5.85. The summed E-state index contributed by atoms with van der Waals surface area (Å²) in [6.07, 6.45) is 9.50. The van der Waals surface area contributed by atoms with E-state index < -0.39 is 10.7 Å². The molecule has 0 amide bonds. The lowest BCUT2D eigenvalue weighted by atomic mass is 9.43. The zero-order valence-electron chi connectivity index (χ0n) is 18.0. The maximum Gasteiger partial charge on any atom is 0.331 e. The second-order valence-electron chi connectivity index (χ2n) is 11.0. The van der Waals surface area contributed by atoms with E-state index in [0.717, 1.165) is 63.4 Å². The molecular weight excluding hydrogens is 386 g/mol. The molecule has 4 saturated carbocycles. The quantitative estimate of drug-likeness (QED) is 0.424. The molecule has 5 aliphatic rings. The van der Waals surface area contributed by atoms with Crippen molar-refractivity contribution < 1.29 is 24.6 Å². The number of fused-ring (bicyclic) bond motifs is 5. The van der Waals surface area contributed by atoms with Gasteiger partial charge in [-0.15, -0.1) is 10.1 Å². The highest BCUT2D eigenvalue weighted by atomic mass is 17.0. The van der Waals surface area contributed by atoms with Gasteiger partial charge in [0.05, 0.1) is 5.60 Å². The van der Waals surface area contributed by atoms with Gasteiger partial charge < -0.3 is 14.7 Å². The van der Waals surface area contributed by atoms with Gasteiger partial charge in [-0.1, -0.05) is 13.8 Å². The SMILES string of the molecule is C[C@@]12CC[C@@H](O[N+](=O)[O-])C[C@H]1CC[C@H]1[C@H]2CC[C@]2(C)[C@@H](C3=CC(=O)OC3)CC[C@@]12O. The number of cyclic esters (lactones) is 1. The van der Waals surface area contributed by atoms with Crippen molar-refractivity contribution in [3.05, 3.63) is 21.8 Å². The molecule has 7 heteroatoms. The molecule has 0 aromatic carbocycles. The minimum absolute atomic E-state index is 0.111. The predicted molar refractivity (Wildman–Crippen MR) is 108 cm³/mol. The summed E-state index contributed by atoms with van der Waals surface area (Å²) < 4.78 is 5.19. The number of rotatable bonds is 3. The van der Waals surface area contributed by atoms with E-state index in [1.54, 1.807) is 6.08 Å². The Hall–Kier alpha value is -1.63. The molecule has 30 heavy (non-hydrogen) atoms. The van der Waals surface area contributed by atoms with Gasteiger partial charge in [-0.3, -0.25) is 0 Å². The fraction of sp³-hybridized carbons (Fsp3) is 0.870. The van der Waals surface area contributed by atoms with Gasteiger partial charge in [-0.2, -0.15) is 0 Å². The van der Waals surface area contributed by atoms with Crippen molar-refractivity contribution in [1.29, 1.82) is 0 Å². The number of nitrogens with zero attached hydrogens (tertiary/aromatic N) is 1. The fourth-order valence-electron chi connectivity index (χ4n) is 8.59. The van der Waals surface area contributed by atoms with Crippen LogP contribution in [0.4, 0.5) is 0 Å². The van der Waals surface area contributed by atoms with E-state index in [4.69, 9.17) is 9.57 Å². The second-order valence-corrected chi connectivity index (χ2v) is 11.0. The Morgan fingerprint density at radius 3 is 2.63 bits per heavy atom. The Bertz CT molecular complexity index is 797. The summed E-state index contributed by atoms with van der Waals surface area (Å²) in [6, 6.07) is 0. The Kier molecular flexibility index (Phi) is 4.52. The first-order valence-electron chi connectivity index (χ1n) is 11.6. The van der Waals surface area contributed by atoms with Gasteiger partial charge >= 0.3 is 5.97 Å². The van der Waals surface area contributed by atoms with Crippen molar-refractivity contribution in [2.75, 3.05) is 6.61 Å². The van der Waals surface area contributed by atoms with Gasteiger partial charge in [0.1, 0.15) is 12.7 Å². The van der Waals surface area contributed by atoms with E-state index in [1.807, 2.05) is 0 Å². The van der Waals surface area contributed by atoms with Crippen molar-refractivity contribution in [3.8, 4) is 0 Å². The largest absolute Gasteiger partial charge is 0.458 e. The van der Waals surface area contributed by atoms with Crippen LogP contribution in [0.1, 0.15) is 71.6 Å². The minimum Gasteiger partial charge on any atom is -0.458 e. The predicted octanol–water partition coefficient (Wildman–Crippen LogP) is 3.82. The number of hydrogen-bond donors (Lipinski definition) is 1. The van der Waals surface area contributed by atoms with E-state index in [-0.39, 0.29) is 34.7 Å². The average molecular weight is 420 g/mol. The normalized spacial score (nSPS) is 50.0. The van der Waals surface area contributed by atoms with Crippen LogP contribution >= 0.6 is 0 Å². The monoisotopic (exact) mass is 419 g/mol. The molecular formula is C23H33NO6. The summed E-state index contributed by atoms with van der Waals surface area (Å²) in [5.41, 5.74) is 0.243. The van der Waals surface area contributed by atoms with E-state index in [9.17, 15) is 20.0 Å². The van der Waals surface area contributed by atoms with Crippen LogP contribution in [-0.2, 0) is 14.4 Å². The lowest BCUT2D eigenvalue weighted by Crippen LogP contribution is -2.62. The second kappa shape index (κ2) is 6.68. The lowest BCUT2D eigenvalue weighted by Gasteiger charge is -2.63. The molecule has 7 nitrogen and oxygen atoms in total.